The molecule has 0 aliphatic heterocycles. The van der Waals surface area contributed by atoms with E-state index in [0.29, 0.717) is 12.0 Å². The predicted molar refractivity (Wildman–Crippen MR) is 80.1 cm³/mol. The Balaban J connectivity index is 2.57. The molecule has 1 atom stereocenters. The molecule has 0 radical (unpaired) electrons. The normalized spacial score (nSPS) is 12.8. The van der Waals surface area contributed by atoms with Gasteiger partial charge < -0.3 is 15.2 Å². The van der Waals surface area contributed by atoms with Gasteiger partial charge in [0.2, 0.25) is 0 Å². The highest BCUT2D eigenvalue weighted by Gasteiger charge is 2.13. The maximum atomic E-state index is 12.0. The van der Waals surface area contributed by atoms with Crippen molar-refractivity contribution >= 4 is 5.91 Å². The lowest BCUT2D eigenvalue weighted by Gasteiger charge is -2.21. The largest absolute Gasteiger partial charge is 0.488 e. The first-order chi connectivity index (χ1) is 9.31. The van der Waals surface area contributed by atoms with Crippen molar-refractivity contribution in [2.75, 3.05) is 6.61 Å². The Hall–Kier alpha value is -1.55. The van der Waals surface area contributed by atoms with Gasteiger partial charge in [-0.15, -0.1) is 0 Å². The number of carbonyl (C=O) groups excluding carboxylic acids is 1. The second-order valence-electron chi connectivity index (χ2n) is 5.98. The van der Waals surface area contributed by atoms with Gasteiger partial charge in [0.05, 0.1) is 0 Å². The number of rotatable bonds is 6. The number of aliphatic hydroxyl groups excluding tert-OH is 1. The van der Waals surface area contributed by atoms with Crippen molar-refractivity contribution in [2.24, 2.45) is 0 Å². The lowest BCUT2D eigenvalue weighted by Crippen LogP contribution is -2.32. The van der Waals surface area contributed by atoms with Crippen LogP contribution < -0.4 is 10.1 Å². The van der Waals surface area contributed by atoms with Crippen molar-refractivity contribution in [1.82, 2.24) is 5.32 Å². The molecule has 112 valence electrons. The van der Waals surface area contributed by atoms with Gasteiger partial charge in [-0.05, 0) is 64.8 Å². The van der Waals surface area contributed by atoms with Crippen molar-refractivity contribution in [1.29, 1.82) is 0 Å². The summed E-state index contributed by atoms with van der Waals surface area (Å²) >= 11 is 0. The van der Waals surface area contributed by atoms with E-state index in [1.165, 1.54) is 0 Å². The van der Waals surface area contributed by atoms with Crippen molar-refractivity contribution in [3.63, 3.8) is 0 Å². The fraction of sp³-hybridized carbons (Fsp3) is 0.562. The van der Waals surface area contributed by atoms with Crippen LogP contribution in [-0.2, 0) is 0 Å². The number of hydrogen-bond acceptors (Lipinski definition) is 3. The van der Waals surface area contributed by atoms with Crippen LogP contribution in [0.4, 0.5) is 0 Å². The number of amides is 1. The number of ether oxygens (including phenoxy) is 1. The van der Waals surface area contributed by atoms with Crippen molar-refractivity contribution < 1.29 is 14.6 Å². The van der Waals surface area contributed by atoms with Crippen LogP contribution in [0.15, 0.2) is 24.3 Å². The van der Waals surface area contributed by atoms with Gasteiger partial charge in [0, 0.05) is 18.2 Å². The van der Waals surface area contributed by atoms with E-state index < -0.39 is 0 Å². The van der Waals surface area contributed by atoms with Crippen LogP contribution in [0.1, 0.15) is 50.9 Å². The molecule has 4 nitrogen and oxygen atoms in total. The first-order valence-corrected chi connectivity index (χ1v) is 7.02. The Labute approximate surface area is 121 Å². The van der Waals surface area contributed by atoms with Crippen LogP contribution in [0, 0.1) is 0 Å². The van der Waals surface area contributed by atoms with Crippen LogP contribution >= 0.6 is 0 Å². The van der Waals surface area contributed by atoms with Crippen LogP contribution in [0.2, 0.25) is 0 Å². The number of aliphatic hydroxyl groups is 1. The minimum absolute atomic E-state index is 0.0557. The van der Waals surface area contributed by atoms with Gasteiger partial charge in [-0.2, -0.15) is 0 Å². The fourth-order valence-electron chi connectivity index (χ4n) is 1.80. The summed E-state index contributed by atoms with van der Waals surface area (Å²) in [4.78, 5) is 12.0. The Morgan fingerprint density at radius 1 is 1.30 bits per heavy atom. The minimum Gasteiger partial charge on any atom is -0.488 e. The minimum atomic E-state index is -0.247. The number of carbonyl (C=O) groups is 1. The molecule has 0 fully saturated rings. The van der Waals surface area contributed by atoms with E-state index >= 15 is 0 Å². The van der Waals surface area contributed by atoms with Crippen LogP contribution in [0.3, 0.4) is 0 Å². The van der Waals surface area contributed by atoms with Gasteiger partial charge in [-0.3, -0.25) is 4.79 Å². The van der Waals surface area contributed by atoms with E-state index in [1.807, 2.05) is 27.7 Å². The summed E-state index contributed by atoms with van der Waals surface area (Å²) in [5.74, 6) is 0.653. The van der Waals surface area contributed by atoms with E-state index in [1.54, 1.807) is 24.3 Å². The molecule has 0 saturated heterocycles. The fourth-order valence-corrected chi connectivity index (χ4v) is 1.80. The van der Waals surface area contributed by atoms with Crippen molar-refractivity contribution in [3.8, 4) is 5.75 Å². The average Bonchev–Trinajstić information content (AvgIpc) is 2.35. The predicted octanol–water partition coefficient (Wildman–Crippen LogP) is 2.75. The summed E-state index contributed by atoms with van der Waals surface area (Å²) in [6.45, 7) is 8.03. The molecular weight excluding hydrogens is 254 g/mol. The van der Waals surface area contributed by atoms with E-state index in [9.17, 15) is 4.79 Å². The Kier molecular flexibility index (Phi) is 6.02. The molecule has 20 heavy (non-hydrogen) atoms. The van der Waals surface area contributed by atoms with Gasteiger partial charge >= 0.3 is 0 Å². The zero-order valence-corrected chi connectivity index (χ0v) is 12.8. The Bertz CT molecular complexity index is 420. The summed E-state index contributed by atoms with van der Waals surface area (Å²) < 4.78 is 5.71. The van der Waals surface area contributed by atoms with E-state index in [2.05, 4.69) is 5.32 Å². The zero-order chi connectivity index (χ0) is 15.2. The zero-order valence-electron chi connectivity index (χ0n) is 12.8. The third kappa shape index (κ3) is 6.06. The van der Waals surface area contributed by atoms with Crippen LogP contribution in [0.5, 0.6) is 5.75 Å². The molecule has 1 aromatic rings. The SMILES string of the molecule is CC(CCCO)NC(=O)c1ccc(OC(C)(C)C)cc1. The molecule has 0 saturated carbocycles. The summed E-state index contributed by atoms with van der Waals surface area (Å²) in [6, 6.07) is 7.18. The van der Waals surface area contributed by atoms with Crippen molar-refractivity contribution in [2.45, 2.75) is 52.2 Å². The maximum absolute atomic E-state index is 12.0. The standard InChI is InChI=1S/C16H25NO3/c1-12(6-5-11-18)17-15(19)13-7-9-14(10-8-13)20-16(2,3)4/h7-10,12,18H,5-6,11H2,1-4H3,(H,17,19). The molecule has 2 N–H and O–H groups in total. The molecule has 0 heterocycles. The monoisotopic (exact) mass is 279 g/mol. The van der Waals surface area contributed by atoms with E-state index in [-0.39, 0.29) is 24.2 Å². The molecule has 0 spiro atoms. The second kappa shape index (κ2) is 7.29. The lowest BCUT2D eigenvalue weighted by atomic mass is 10.1. The first-order valence-electron chi connectivity index (χ1n) is 7.02. The average molecular weight is 279 g/mol. The quantitative estimate of drug-likeness (QED) is 0.842. The Morgan fingerprint density at radius 2 is 1.90 bits per heavy atom. The number of benzene rings is 1. The third-order valence-electron chi connectivity index (χ3n) is 2.71. The van der Waals surface area contributed by atoms with Crippen LogP contribution in [0.25, 0.3) is 0 Å². The van der Waals surface area contributed by atoms with Gasteiger partial charge in [0.1, 0.15) is 11.4 Å². The number of hydrogen-bond donors (Lipinski definition) is 2. The first kappa shape index (κ1) is 16.5. The van der Waals surface area contributed by atoms with Gasteiger partial charge in [-0.1, -0.05) is 0 Å². The molecule has 0 aromatic heterocycles. The van der Waals surface area contributed by atoms with Crippen LogP contribution in [-0.4, -0.2) is 29.3 Å². The molecule has 1 rings (SSSR count). The Morgan fingerprint density at radius 3 is 2.40 bits per heavy atom. The maximum Gasteiger partial charge on any atom is 0.251 e. The summed E-state index contributed by atoms with van der Waals surface area (Å²) in [7, 11) is 0. The molecule has 4 heteroatoms. The molecule has 0 bridgehead atoms. The van der Waals surface area contributed by atoms with Gasteiger partial charge in [0.15, 0.2) is 0 Å². The van der Waals surface area contributed by atoms with Crippen molar-refractivity contribution in [3.05, 3.63) is 29.8 Å². The summed E-state index contributed by atoms with van der Waals surface area (Å²) in [5.41, 5.74) is 0.366. The number of nitrogens with one attached hydrogen (secondary N) is 1. The molecule has 1 unspecified atom stereocenters. The highest BCUT2D eigenvalue weighted by atomic mass is 16.5. The van der Waals surface area contributed by atoms with E-state index in [0.717, 1.165) is 12.2 Å². The summed E-state index contributed by atoms with van der Waals surface area (Å²) in [6.07, 6.45) is 1.47. The highest BCUT2D eigenvalue weighted by Crippen LogP contribution is 2.18. The van der Waals surface area contributed by atoms with Gasteiger partial charge in [0.25, 0.3) is 5.91 Å². The second-order valence-corrected chi connectivity index (χ2v) is 5.98. The van der Waals surface area contributed by atoms with E-state index in [4.69, 9.17) is 9.84 Å². The smallest absolute Gasteiger partial charge is 0.251 e. The topological polar surface area (TPSA) is 58.6 Å². The summed E-state index contributed by atoms with van der Waals surface area (Å²) in [5, 5.41) is 11.7. The molecule has 1 aromatic carbocycles. The molecule has 0 aliphatic rings. The molecular formula is C16H25NO3. The lowest BCUT2D eigenvalue weighted by molar-refractivity contribution is 0.0936. The molecule has 1 amide bonds. The third-order valence-corrected chi connectivity index (χ3v) is 2.71. The molecule has 0 aliphatic carbocycles. The highest BCUT2D eigenvalue weighted by molar-refractivity contribution is 5.94. The van der Waals surface area contributed by atoms with Gasteiger partial charge in [-0.25, -0.2) is 0 Å².